The molecule has 0 radical (unpaired) electrons. The number of ether oxygens (including phenoxy) is 1. The fourth-order valence-electron chi connectivity index (χ4n) is 6.06. The second kappa shape index (κ2) is 17.1. The smallest absolute Gasteiger partial charge is 0.264 e. The summed E-state index contributed by atoms with van der Waals surface area (Å²) in [7, 11) is -4.28. The van der Waals surface area contributed by atoms with Crippen molar-refractivity contribution < 1.29 is 22.7 Å². The SMILES string of the molecule is CCOc1ccccc1N(CC(=O)N(Cc1ccccc1Cl)[C@H](Cc1ccccc1)C(=O)NC1CCCC1)S(=O)(=O)c1ccc(SC)cc1. The summed E-state index contributed by atoms with van der Waals surface area (Å²) in [5.74, 6) is -0.523. The highest BCUT2D eigenvalue weighted by atomic mass is 35.5. The van der Waals surface area contributed by atoms with Crippen molar-refractivity contribution in [3.63, 3.8) is 0 Å². The quantitative estimate of drug-likeness (QED) is 0.129. The molecule has 2 amide bonds. The molecular formula is C38H42ClN3O5S2. The van der Waals surface area contributed by atoms with Crippen molar-refractivity contribution in [3.8, 4) is 5.75 Å². The van der Waals surface area contributed by atoms with E-state index in [0.717, 1.165) is 40.4 Å². The van der Waals surface area contributed by atoms with Crippen molar-refractivity contribution in [1.29, 1.82) is 0 Å². The summed E-state index contributed by atoms with van der Waals surface area (Å²) >= 11 is 8.12. The third-order valence-electron chi connectivity index (χ3n) is 8.63. The predicted octanol–water partition coefficient (Wildman–Crippen LogP) is 7.35. The van der Waals surface area contributed by atoms with Gasteiger partial charge in [0.25, 0.3) is 10.0 Å². The maximum Gasteiger partial charge on any atom is 0.264 e. The fourth-order valence-corrected chi connectivity index (χ4v) is 8.09. The number of benzene rings is 4. The van der Waals surface area contributed by atoms with Crippen LogP contribution in [-0.2, 0) is 32.6 Å². The number of halogens is 1. The van der Waals surface area contributed by atoms with Crippen LogP contribution >= 0.6 is 23.4 Å². The molecule has 11 heteroatoms. The van der Waals surface area contributed by atoms with E-state index in [2.05, 4.69) is 5.32 Å². The van der Waals surface area contributed by atoms with Gasteiger partial charge in [0.15, 0.2) is 0 Å². The lowest BCUT2D eigenvalue weighted by atomic mass is 10.0. The number of sulfonamides is 1. The van der Waals surface area contributed by atoms with Crippen LogP contribution in [0.1, 0.15) is 43.7 Å². The Labute approximate surface area is 298 Å². The molecule has 0 heterocycles. The molecule has 8 nitrogen and oxygen atoms in total. The molecule has 1 atom stereocenters. The van der Waals surface area contributed by atoms with Crippen LogP contribution < -0.4 is 14.4 Å². The van der Waals surface area contributed by atoms with Crippen LogP contribution in [0.2, 0.25) is 5.02 Å². The van der Waals surface area contributed by atoms with Gasteiger partial charge in [0, 0.05) is 28.9 Å². The highest BCUT2D eigenvalue weighted by Gasteiger charge is 2.36. The molecule has 0 unspecified atom stereocenters. The average Bonchev–Trinajstić information content (AvgIpc) is 3.63. The molecule has 0 aliphatic heterocycles. The van der Waals surface area contributed by atoms with Crippen molar-refractivity contribution >= 4 is 50.9 Å². The highest BCUT2D eigenvalue weighted by molar-refractivity contribution is 7.98. The normalized spacial score (nSPS) is 13.9. The second-order valence-electron chi connectivity index (χ2n) is 11.9. The largest absolute Gasteiger partial charge is 0.492 e. The number of hydrogen-bond donors (Lipinski definition) is 1. The van der Waals surface area contributed by atoms with E-state index in [1.807, 2.05) is 55.6 Å². The van der Waals surface area contributed by atoms with Crippen LogP contribution in [0.3, 0.4) is 0 Å². The van der Waals surface area contributed by atoms with Gasteiger partial charge in [-0.05, 0) is 79.6 Å². The van der Waals surface area contributed by atoms with E-state index in [1.54, 1.807) is 48.5 Å². The molecule has 1 aliphatic rings. The van der Waals surface area contributed by atoms with Gasteiger partial charge in [-0.1, -0.05) is 85.1 Å². The number of anilines is 1. The number of carbonyl (C=O) groups is 2. The summed E-state index contributed by atoms with van der Waals surface area (Å²) in [5.41, 5.74) is 1.73. The van der Waals surface area contributed by atoms with Crippen LogP contribution in [0.5, 0.6) is 5.75 Å². The molecule has 1 saturated carbocycles. The van der Waals surface area contributed by atoms with Gasteiger partial charge in [-0.15, -0.1) is 11.8 Å². The molecule has 1 fully saturated rings. The van der Waals surface area contributed by atoms with Crippen LogP contribution in [0, 0.1) is 0 Å². The van der Waals surface area contributed by atoms with E-state index in [0.29, 0.717) is 22.9 Å². The first kappa shape index (κ1) is 36.3. The number of thioether (sulfide) groups is 1. The third-order valence-corrected chi connectivity index (χ3v) is 11.5. The first-order valence-electron chi connectivity index (χ1n) is 16.5. The zero-order valence-electron chi connectivity index (χ0n) is 27.8. The lowest BCUT2D eigenvalue weighted by molar-refractivity contribution is -0.140. The Morgan fingerprint density at radius 2 is 1.57 bits per heavy atom. The average molecular weight is 720 g/mol. The standard InChI is InChI=1S/C38H42ClN3O5S2/c1-3-47-36-20-12-11-19-34(36)42(49(45,46)32-23-21-31(48-2)22-24-32)27-37(43)41(26-29-15-7-10-18-33(29)39)35(25-28-13-5-4-6-14-28)38(44)40-30-16-8-9-17-30/h4-7,10-15,18-24,30,35H,3,8-9,16-17,25-27H2,1-2H3,(H,40,44)/t35-/m1/s1. The topological polar surface area (TPSA) is 96.0 Å². The zero-order valence-corrected chi connectivity index (χ0v) is 30.1. The molecule has 0 aromatic heterocycles. The number of para-hydroxylation sites is 2. The minimum Gasteiger partial charge on any atom is -0.492 e. The zero-order chi connectivity index (χ0) is 34.8. The van der Waals surface area contributed by atoms with E-state index in [4.69, 9.17) is 16.3 Å². The van der Waals surface area contributed by atoms with Crippen molar-refractivity contribution in [1.82, 2.24) is 10.2 Å². The molecule has 1 aliphatic carbocycles. The number of rotatable bonds is 15. The molecule has 0 bridgehead atoms. The van der Waals surface area contributed by atoms with Crippen LogP contribution in [0.15, 0.2) is 113 Å². The maximum atomic E-state index is 14.8. The van der Waals surface area contributed by atoms with Gasteiger partial charge in [-0.25, -0.2) is 8.42 Å². The molecule has 258 valence electrons. The number of carbonyl (C=O) groups excluding carboxylic acids is 2. The first-order valence-corrected chi connectivity index (χ1v) is 19.5. The Bertz CT molecular complexity index is 1820. The summed E-state index contributed by atoms with van der Waals surface area (Å²) in [6.45, 7) is 1.52. The van der Waals surface area contributed by atoms with Crippen molar-refractivity contribution in [2.75, 3.05) is 23.7 Å². The number of nitrogens with one attached hydrogen (secondary N) is 1. The van der Waals surface area contributed by atoms with E-state index in [1.165, 1.54) is 28.8 Å². The van der Waals surface area contributed by atoms with Gasteiger partial charge in [-0.2, -0.15) is 0 Å². The van der Waals surface area contributed by atoms with Gasteiger partial charge < -0.3 is 15.0 Å². The minimum absolute atomic E-state index is 0.00247. The van der Waals surface area contributed by atoms with Gasteiger partial charge in [-0.3, -0.25) is 13.9 Å². The van der Waals surface area contributed by atoms with Crippen LogP contribution in [0.4, 0.5) is 5.69 Å². The molecule has 4 aromatic carbocycles. The first-order chi connectivity index (χ1) is 23.7. The number of nitrogens with zero attached hydrogens (tertiary/aromatic N) is 2. The monoisotopic (exact) mass is 719 g/mol. The Morgan fingerprint density at radius 3 is 2.24 bits per heavy atom. The summed E-state index contributed by atoms with van der Waals surface area (Å²) in [6, 6.07) is 29.1. The summed E-state index contributed by atoms with van der Waals surface area (Å²) < 4.78 is 35.9. The fraction of sp³-hybridized carbons (Fsp3) is 0.316. The van der Waals surface area contributed by atoms with Gasteiger partial charge in [0.1, 0.15) is 18.3 Å². The van der Waals surface area contributed by atoms with Gasteiger partial charge in [0.05, 0.1) is 17.2 Å². The summed E-state index contributed by atoms with van der Waals surface area (Å²) in [5, 5.41) is 3.63. The number of hydrogen-bond acceptors (Lipinski definition) is 6. The molecule has 4 aromatic rings. The molecule has 1 N–H and O–H groups in total. The Balaban J connectivity index is 1.60. The number of amides is 2. The van der Waals surface area contributed by atoms with E-state index >= 15 is 0 Å². The predicted molar refractivity (Wildman–Crippen MR) is 197 cm³/mol. The van der Waals surface area contributed by atoms with Crippen LogP contribution in [-0.4, -0.2) is 56.6 Å². The molecule has 5 rings (SSSR count). The van der Waals surface area contributed by atoms with Crippen LogP contribution in [0.25, 0.3) is 0 Å². The molecule has 0 spiro atoms. The Kier molecular flexibility index (Phi) is 12.7. The van der Waals surface area contributed by atoms with E-state index in [-0.39, 0.29) is 35.5 Å². The molecular weight excluding hydrogens is 678 g/mol. The lowest BCUT2D eigenvalue weighted by Gasteiger charge is -2.34. The minimum atomic E-state index is -4.28. The second-order valence-corrected chi connectivity index (χ2v) is 15.0. The highest BCUT2D eigenvalue weighted by Crippen LogP contribution is 2.34. The van der Waals surface area contributed by atoms with Gasteiger partial charge >= 0.3 is 0 Å². The van der Waals surface area contributed by atoms with E-state index < -0.39 is 28.5 Å². The lowest BCUT2D eigenvalue weighted by Crippen LogP contribution is -2.54. The van der Waals surface area contributed by atoms with Gasteiger partial charge in [0.2, 0.25) is 11.8 Å². The van der Waals surface area contributed by atoms with Crippen molar-refractivity contribution in [2.45, 2.75) is 67.4 Å². The van der Waals surface area contributed by atoms with Crippen molar-refractivity contribution in [2.24, 2.45) is 0 Å². The molecule has 49 heavy (non-hydrogen) atoms. The summed E-state index contributed by atoms with van der Waals surface area (Å²) in [4.78, 5) is 31.4. The van der Waals surface area contributed by atoms with E-state index in [9.17, 15) is 18.0 Å². The summed E-state index contributed by atoms with van der Waals surface area (Å²) in [6.07, 6.45) is 5.94. The third kappa shape index (κ3) is 9.17. The Morgan fingerprint density at radius 1 is 0.918 bits per heavy atom. The molecule has 0 saturated heterocycles. The maximum absolute atomic E-state index is 14.8. The van der Waals surface area contributed by atoms with Crippen molar-refractivity contribution in [3.05, 3.63) is 119 Å². The Hall–Kier alpha value is -3.99.